The van der Waals surface area contributed by atoms with Gasteiger partial charge in [-0.25, -0.2) is 0 Å². The van der Waals surface area contributed by atoms with E-state index in [-0.39, 0.29) is 42.8 Å². The van der Waals surface area contributed by atoms with Crippen LogP contribution in [0.2, 0.25) is 0 Å². The Morgan fingerprint density at radius 2 is 1.76 bits per heavy atom. The normalized spacial score (nSPS) is 28.3. The van der Waals surface area contributed by atoms with Gasteiger partial charge in [0, 0.05) is 63.0 Å². The molecule has 1 aliphatic carbocycles. The van der Waals surface area contributed by atoms with Crippen molar-refractivity contribution in [3.05, 3.63) is 84.7 Å². The number of hydrogen-bond acceptors (Lipinski definition) is 7. The number of carbonyl (C=O) groups excluding carboxylic acids is 2. The minimum Gasteiger partial charge on any atom is -0.468 e. The molecule has 0 spiro atoms. The van der Waals surface area contributed by atoms with E-state index in [0.717, 1.165) is 69.4 Å². The number of ether oxygens (including phenoxy) is 2. The van der Waals surface area contributed by atoms with Crippen molar-refractivity contribution in [3.8, 4) is 0 Å². The molecule has 2 aromatic rings. The summed E-state index contributed by atoms with van der Waals surface area (Å²) in [5.41, 5.74) is 12.7. The number of allylic oxidation sites excluding steroid dienone is 4. The van der Waals surface area contributed by atoms with Gasteiger partial charge in [-0.05, 0) is 111 Å². The van der Waals surface area contributed by atoms with Gasteiger partial charge in [-0.15, -0.1) is 0 Å². The highest BCUT2D eigenvalue weighted by Gasteiger charge is 2.49. The van der Waals surface area contributed by atoms with Crippen LogP contribution in [-0.4, -0.2) is 46.8 Å². The van der Waals surface area contributed by atoms with Gasteiger partial charge in [-0.1, -0.05) is 33.3 Å². The number of H-pyrrole nitrogens is 2. The monoisotopic (exact) mass is 682 g/mol. The summed E-state index contributed by atoms with van der Waals surface area (Å²) in [5, 5.41) is 21.1. The summed E-state index contributed by atoms with van der Waals surface area (Å²) in [5.74, 6) is -1.40. The zero-order valence-corrected chi connectivity index (χ0v) is 31.1. The molecule has 0 aromatic carbocycles. The van der Waals surface area contributed by atoms with Gasteiger partial charge < -0.3 is 35.2 Å². The second-order valence-corrected chi connectivity index (χ2v) is 14.5. The lowest BCUT2D eigenvalue weighted by atomic mass is 9.80. The Labute approximate surface area is 295 Å². The average Bonchev–Trinajstić information content (AvgIpc) is 3.84. The number of esters is 2. The first kappa shape index (κ1) is 35.6. The van der Waals surface area contributed by atoms with Crippen LogP contribution in [0.1, 0.15) is 107 Å². The molecule has 1 fully saturated rings. The third-order valence-electron chi connectivity index (χ3n) is 11.9. The average molecular weight is 683 g/mol. The Balaban J connectivity index is 1.55. The number of carbonyl (C=O) groups is 2. The molecular weight excluding hydrogens is 628 g/mol. The smallest absolute Gasteiger partial charge is 0.315 e. The van der Waals surface area contributed by atoms with Crippen molar-refractivity contribution in [3.63, 3.8) is 0 Å². The minimum absolute atomic E-state index is 0.0231. The highest BCUT2D eigenvalue weighted by Crippen LogP contribution is 2.45. The number of rotatable bonds is 9. The zero-order valence-electron chi connectivity index (χ0n) is 31.1. The van der Waals surface area contributed by atoms with Crippen molar-refractivity contribution in [1.29, 1.82) is 0 Å². The van der Waals surface area contributed by atoms with Gasteiger partial charge in [0.05, 0.1) is 19.3 Å². The quantitative estimate of drug-likeness (QED) is 0.178. The molecule has 9 nitrogen and oxygen atoms in total. The van der Waals surface area contributed by atoms with E-state index in [1.165, 1.54) is 35.1 Å². The van der Waals surface area contributed by atoms with E-state index in [1.807, 2.05) is 19.9 Å². The standard InChI is InChI=1S/C41H54N4O5/c1-10-20(4)15-16-50-34(46)14-13-27-23(7)30-17-28-21(5)25(11-2)32(42-28)18-29-22(6)26(12-3)33(43-29)19-31-24(8)35-39(45-31)36(38(27)44-30)37(40(35)47)41(48)49-9/h15,17-19,23,25,27,37-38,40,42-45,47H,10-14,16H2,1-9H3/b20-15-,30-17-,31-19-,32-18-/t23-,25+,27-,37+,38?,40-/m0/s1. The number of nitrogens with one attached hydrogen (secondary N) is 4. The zero-order chi connectivity index (χ0) is 36.0. The lowest BCUT2D eigenvalue weighted by Gasteiger charge is -2.27. The molecular formula is C41H54N4O5. The summed E-state index contributed by atoms with van der Waals surface area (Å²) in [6.45, 7) is 17.3. The van der Waals surface area contributed by atoms with Crippen molar-refractivity contribution in [2.45, 2.75) is 99.6 Å². The largest absolute Gasteiger partial charge is 0.468 e. The van der Waals surface area contributed by atoms with Gasteiger partial charge in [-0.2, -0.15) is 0 Å². The maximum atomic E-state index is 13.5. The Bertz CT molecular complexity index is 1950. The lowest BCUT2D eigenvalue weighted by molar-refractivity contribution is -0.147. The van der Waals surface area contributed by atoms with Gasteiger partial charge in [-0.3, -0.25) is 9.59 Å². The van der Waals surface area contributed by atoms with Gasteiger partial charge >= 0.3 is 11.9 Å². The Morgan fingerprint density at radius 1 is 1.00 bits per heavy atom. The summed E-state index contributed by atoms with van der Waals surface area (Å²) < 4.78 is 10.9. The molecule has 4 aliphatic rings. The SMILES string of the molecule is CC/C(C)=C\COC(=O)CC[C@@H]1C2N/C(=C\C3=C(C)[C@@H](CC)/C(=C/c4[nH]c(c(CC)c4C)/C=c4\[nH]c5c(c4C)[C@H](O)[C@H](C(=O)OC)C=52)N3)[C@H]1C. The van der Waals surface area contributed by atoms with E-state index in [4.69, 9.17) is 9.47 Å². The minimum atomic E-state index is -1.07. The van der Waals surface area contributed by atoms with Crippen molar-refractivity contribution in [2.24, 2.45) is 23.7 Å². The van der Waals surface area contributed by atoms with Crippen LogP contribution in [0.4, 0.5) is 0 Å². The van der Waals surface area contributed by atoms with Crippen molar-refractivity contribution in [2.75, 3.05) is 13.7 Å². The number of aromatic nitrogens is 2. The van der Waals surface area contributed by atoms with Crippen molar-refractivity contribution >= 4 is 29.7 Å². The highest BCUT2D eigenvalue weighted by atomic mass is 16.5. The second kappa shape index (κ2) is 14.2. The topological polar surface area (TPSA) is 128 Å². The molecule has 5 N–H and O–H groups in total. The molecule has 6 atom stereocenters. The number of aliphatic hydroxyl groups excluding tert-OH is 1. The molecule has 268 valence electrons. The molecule has 0 radical (unpaired) electrons. The van der Waals surface area contributed by atoms with E-state index in [0.29, 0.717) is 6.42 Å². The third kappa shape index (κ3) is 6.08. The van der Waals surface area contributed by atoms with Crippen LogP contribution in [0.15, 0.2) is 40.4 Å². The molecule has 6 rings (SSSR count). The Hall–Kier alpha value is -4.24. The van der Waals surface area contributed by atoms with Gasteiger partial charge in [0.2, 0.25) is 0 Å². The summed E-state index contributed by atoms with van der Waals surface area (Å²) in [7, 11) is 1.37. The molecule has 1 saturated heterocycles. The first-order chi connectivity index (χ1) is 23.9. The third-order valence-corrected chi connectivity index (χ3v) is 11.9. The van der Waals surface area contributed by atoms with Crippen molar-refractivity contribution < 1.29 is 24.2 Å². The van der Waals surface area contributed by atoms with Crippen molar-refractivity contribution in [1.82, 2.24) is 20.6 Å². The molecule has 0 amide bonds. The van der Waals surface area contributed by atoms with E-state index in [9.17, 15) is 14.7 Å². The van der Waals surface area contributed by atoms with Crippen LogP contribution in [-0.2, 0) is 25.5 Å². The van der Waals surface area contributed by atoms with Crippen LogP contribution in [0.3, 0.4) is 0 Å². The summed E-state index contributed by atoms with van der Waals surface area (Å²) in [6, 6.07) is -0.338. The van der Waals surface area contributed by atoms with Crippen LogP contribution >= 0.6 is 0 Å². The molecule has 50 heavy (non-hydrogen) atoms. The molecule has 1 unspecified atom stereocenters. The van der Waals surface area contributed by atoms with Gasteiger partial charge in [0.25, 0.3) is 0 Å². The number of fused-ring (bicyclic) bond motifs is 8. The van der Waals surface area contributed by atoms with Crippen LogP contribution in [0.25, 0.3) is 17.7 Å². The lowest BCUT2D eigenvalue weighted by Crippen LogP contribution is -2.37. The molecule has 0 saturated carbocycles. The predicted octanol–water partition coefficient (Wildman–Crippen LogP) is 5.38. The van der Waals surface area contributed by atoms with Crippen LogP contribution in [0.5, 0.6) is 0 Å². The summed E-state index contributed by atoms with van der Waals surface area (Å²) in [4.78, 5) is 33.9. The first-order valence-corrected chi connectivity index (χ1v) is 18.3. The van der Waals surface area contributed by atoms with Gasteiger partial charge in [0.1, 0.15) is 12.5 Å². The van der Waals surface area contributed by atoms with Crippen LogP contribution in [0, 0.1) is 37.5 Å². The first-order valence-electron chi connectivity index (χ1n) is 18.3. The Kier molecular flexibility index (Phi) is 10.1. The maximum absolute atomic E-state index is 13.5. The maximum Gasteiger partial charge on any atom is 0.315 e. The molecule has 3 aliphatic heterocycles. The van der Waals surface area contributed by atoms with E-state index in [2.05, 4.69) is 80.4 Å². The summed E-state index contributed by atoms with van der Waals surface area (Å²) in [6.07, 6.45) is 11.0. The fourth-order valence-corrected chi connectivity index (χ4v) is 8.64. The summed E-state index contributed by atoms with van der Waals surface area (Å²) >= 11 is 0. The van der Waals surface area contributed by atoms with E-state index in [1.54, 1.807) is 0 Å². The highest BCUT2D eigenvalue weighted by molar-refractivity contribution is 5.88. The Morgan fingerprint density at radius 3 is 2.44 bits per heavy atom. The van der Waals surface area contributed by atoms with Crippen LogP contribution < -0.4 is 21.3 Å². The second-order valence-electron chi connectivity index (χ2n) is 14.5. The number of methoxy groups -OCH3 is 1. The number of aromatic amines is 2. The molecule has 2 aromatic heterocycles. The van der Waals surface area contributed by atoms with E-state index >= 15 is 0 Å². The fourth-order valence-electron chi connectivity index (χ4n) is 8.64. The molecule has 9 heteroatoms. The molecule has 8 bridgehead atoms. The molecule has 5 heterocycles. The number of hydrogen-bond donors (Lipinski definition) is 5. The number of aliphatic hydroxyl groups is 1. The van der Waals surface area contributed by atoms with E-state index < -0.39 is 18.0 Å². The van der Waals surface area contributed by atoms with Gasteiger partial charge in [0.15, 0.2) is 0 Å². The fraction of sp³-hybridized carbons (Fsp3) is 0.512. The predicted molar refractivity (Wildman–Crippen MR) is 197 cm³/mol.